The van der Waals surface area contributed by atoms with E-state index >= 15 is 0 Å². The van der Waals surface area contributed by atoms with E-state index < -0.39 is 5.60 Å². The van der Waals surface area contributed by atoms with Gasteiger partial charge in [0.25, 0.3) is 5.19 Å². The van der Waals surface area contributed by atoms with E-state index in [9.17, 15) is 4.79 Å². The fourth-order valence-electron chi connectivity index (χ4n) is 3.27. The first-order valence-electron chi connectivity index (χ1n) is 7.53. The summed E-state index contributed by atoms with van der Waals surface area (Å²) in [4.78, 5) is 14.1. The number of amides is 1. The molecule has 2 heterocycles. The Bertz CT molecular complexity index is 557. The predicted octanol–water partition coefficient (Wildman–Crippen LogP) is 2.14. The maximum absolute atomic E-state index is 12.2. The Balaban J connectivity index is 1.50. The van der Waals surface area contributed by atoms with Crippen LogP contribution in [0.3, 0.4) is 0 Å². The smallest absolute Gasteiger partial charge is 0.410 e. The molecule has 1 aliphatic heterocycles. The molecule has 1 aromatic heterocycles. The van der Waals surface area contributed by atoms with E-state index in [2.05, 4.69) is 10.2 Å². The fraction of sp³-hybridized carbons (Fsp3) is 0.786. The predicted molar refractivity (Wildman–Crippen MR) is 82.8 cm³/mol. The molecular formula is C14H22N4O3S. The quantitative estimate of drug-likeness (QED) is 0.915. The molecule has 2 N–H and O–H groups in total. The molecule has 2 aliphatic rings. The maximum Gasteiger partial charge on any atom is 0.410 e. The zero-order chi connectivity index (χ0) is 15.9. The number of likely N-dealkylation sites (tertiary alicyclic amines) is 1. The van der Waals surface area contributed by atoms with Gasteiger partial charge in [0.1, 0.15) is 5.60 Å². The van der Waals surface area contributed by atoms with E-state index in [-0.39, 0.29) is 12.1 Å². The van der Waals surface area contributed by atoms with Crippen molar-refractivity contribution in [3.8, 4) is 5.19 Å². The molecule has 7 nitrogen and oxygen atoms in total. The third kappa shape index (κ3) is 3.26. The summed E-state index contributed by atoms with van der Waals surface area (Å²) in [5.41, 5.74) is 5.09. The van der Waals surface area contributed by atoms with Crippen molar-refractivity contribution in [3.05, 3.63) is 0 Å². The van der Waals surface area contributed by atoms with Crippen molar-refractivity contribution in [1.29, 1.82) is 0 Å². The van der Waals surface area contributed by atoms with E-state index in [1.54, 1.807) is 0 Å². The minimum Gasteiger partial charge on any atom is -0.469 e. The van der Waals surface area contributed by atoms with E-state index in [1.165, 1.54) is 11.3 Å². The Morgan fingerprint density at radius 3 is 2.73 bits per heavy atom. The van der Waals surface area contributed by atoms with Gasteiger partial charge in [-0.15, -0.1) is 5.10 Å². The lowest BCUT2D eigenvalue weighted by atomic mass is 9.96. The molecule has 3 atom stereocenters. The number of anilines is 1. The standard InChI is InChI=1S/C14H22N4O3S/c1-14(2,3)21-13(19)18-6-8-4-10(18)5-9(8)7-20-12-17-16-11(15)22-12/h8-10H,4-7H2,1-3H3,(H2,15,16). The van der Waals surface area contributed by atoms with Crippen molar-refractivity contribution < 1.29 is 14.3 Å². The Kier molecular flexibility index (Phi) is 3.88. The van der Waals surface area contributed by atoms with Gasteiger partial charge in [-0.2, -0.15) is 0 Å². The first kappa shape index (κ1) is 15.3. The summed E-state index contributed by atoms with van der Waals surface area (Å²) in [6.07, 6.45) is 1.79. The zero-order valence-corrected chi connectivity index (χ0v) is 13.9. The molecule has 22 heavy (non-hydrogen) atoms. The molecule has 8 heteroatoms. The van der Waals surface area contributed by atoms with Crippen molar-refractivity contribution in [2.45, 2.75) is 45.3 Å². The molecule has 0 aromatic carbocycles. The lowest BCUT2D eigenvalue weighted by molar-refractivity contribution is 0.0143. The maximum atomic E-state index is 12.2. The zero-order valence-electron chi connectivity index (χ0n) is 13.1. The number of piperidine rings is 1. The number of nitrogens with zero attached hydrogens (tertiary/aromatic N) is 3. The van der Waals surface area contributed by atoms with Crippen molar-refractivity contribution in [3.63, 3.8) is 0 Å². The summed E-state index contributed by atoms with van der Waals surface area (Å²) in [5, 5.41) is 8.52. The molecule has 0 spiro atoms. The van der Waals surface area contributed by atoms with Crippen LogP contribution < -0.4 is 10.5 Å². The monoisotopic (exact) mass is 326 g/mol. The van der Waals surface area contributed by atoms with Crippen LogP contribution in [0, 0.1) is 11.8 Å². The number of hydrogen-bond acceptors (Lipinski definition) is 7. The van der Waals surface area contributed by atoms with Gasteiger partial charge < -0.3 is 20.1 Å². The molecule has 0 radical (unpaired) electrons. The van der Waals surface area contributed by atoms with Crippen LogP contribution in [-0.2, 0) is 4.74 Å². The molecule has 2 bridgehead atoms. The molecule has 1 saturated carbocycles. The number of carbonyl (C=O) groups is 1. The van der Waals surface area contributed by atoms with Crippen LogP contribution >= 0.6 is 11.3 Å². The number of fused-ring (bicyclic) bond motifs is 2. The third-order valence-corrected chi connectivity index (χ3v) is 4.82. The number of ether oxygens (including phenoxy) is 2. The van der Waals surface area contributed by atoms with Gasteiger partial charge >= 0.3 is 6.09 Å². The molecule has 1 aromatic rings. The van der Waals surface area contributed by atoms with E-state index in [0.29, 0.717) is 28.8 Å². The Labute approximate surface area is 133 Å². The first-order valence-corrected chi connectivity index (χ1v) is 8.35. The molecule has 122 valence electrons. The summed E-state index contributed by atoms with van der Waals surface area (Å²) in [7, 11) is 0. The van der Waals surface area contributed by atoms with E-state index in [0.717, 1.165) is 19.4 Å². The van der Waals surface area contributed by atoms with Crippen molar-refractivity contribution in [2.75, 3.05) is 18.9 Å². The molecule has 3 rings (SSSR count). The number of rotatable bonds is 3. The first-order chi connectivity index (χ1) is 10.3. The van der Waals surface area contributed by atoms with Crippen LogP contribution in [0.4, 0.5) is 9.93 Å². The molecule has 1 saturated heterocycles. The summed E-state index contributed by atoms with van der Waals surface area (Å²) in [6.45, 7) is 7.04. The lowest BCUT2D eigenvalue weighted by Gasteiger charge is -2.32. The Morgan fingerprint density at radius 2 is 2.18 bits per heavy atom. The van der Waals surface area contributed by atoms with Crippen molar-refractivity contribution in [1.82, 2.24) is 15.1 Å². The van der Waals surface area contributed by atoms with Gasteiger partial charge in [0.2, 0.25) is 5.13 Å². The van der Waals surface area contributed by atoms with E-state index in [4.69, 9.17) is 15.2 Å². The van der Waals surface area contributed by atoms with Gasteiger partial charge in [0, 0.05) is 12.6 Å². The van der Waals surface area contributed by atoms with Crippen molar-refractivity contribution in [2.24, 2.45) is 11.8 Å². The van der Waals surface area contributed by atoms with Crippen LogP contribution in [0.25, 0.3) is 0 Å². The number of aromatic nitrogens is 2. The number of nitrogen functional groups attached to an aromatic ring is 1. The van der Waals surface area contributed by atoms with Gasteiger partial charge in [0.05, 0.1) is 6.61 Å². The second-order valence-corrected chi connectivity index (χ2v) is 7.97. The van der Waals surface area contributed by atoms with Crippen LogP contribution in [0.2, 0.25) is 0 Å². The highest BCUT2D eigenvalue weighted by atomic mass is 32.1. The number of nitrogens with two attached hydrogens (primary N) is 1. The van der Waals surface area contributed by atoms with Gasteiger partial charge in [-0.05, 0) is 56.8 Å². The van der Waals surface area contributed by atoms with Crippen molar-refractivity contribution >= 4 is 22.6 Å². The average molecular weight is 326 g/mol. The SMILES string of the molecule is CC(C)(C)OC(=O)N1CC2CC1CC2COc1nnc(N)s1. The number of hydrogen-bond donors (Lipinski definition) is 1. The van der Waals surface area contributed by atoms with Gasteiger partial charge in [-0.3, -0.25) is 0 Å². The van der Waals surface area contributed by atoms with Crippen LogP contribution in [0.5, 0.6) is 5.19 Å². The highest BCUT2D eigenvalue weighted by Gasteiger charge is 2.47. The Hall–Kier alpha value is -1.57. The lowest BCUT2D eigenvalue weighted by Crippen LogP contribution is -2.43. The minimum absolute atomic E-state index is 0.198. The van der Waals surface area contributed by atoms with Crippen LogP contribution in [0.15, 0.2) is 0 Å². The third-order valence-electron chi connectivity index (χ3n) is 4.16. The Morgan fingerprint density at radius 1 is 1.41 bits per heavy atom. The van der Waals surface area contributed by atoms with Crippen LogP contribution in [-0.4, -0.2) is 46.0 Å². The van der Waals surface area contributed by atoms with Crippen LogP contribution in [0.1, 0.15) is 33.6 Å². The van der Waals surface area contributed by atoms with Gasteiger partial charge in [-0.25, -0.2) is 4.79 Å². The summed E-state index contributed by atoms with van der Waals surface area (Å²) in [5.74, 6) is 0.927. The normalized spacial score (nSPS) is 27.2. The minimum atomic E-state index is -0.445. The largest absolute Gasteiger partial charge is 0.469 e. The second kappa shape index (κ2) is 5.57. The summed E-state index contributed by atoms with van der Waals surface area (Å²) < 4.78 is 11.1. The molecular weight excluding hydrogens is 304 g/mol. The average Bonchev–Trinajstić information content (AvgIpc) is 3.08. The molecule has 1 aliphatic carbocycles. The molecule has 3 unspecified atom stereocenters. The molecule has 1 amide bonds. The summed E-state index contributed by atoms with van der Waals surface area (Å²) >= 11 is 1.25. The van der Waals surface area contributed by atoms with Gasteiger partial charge in [-0.1, -0.05) is 5.10 Å². The molecule has 2 fully saturated rings. The van der Waals surface area contributed by atoms with Gasteiger partial charge in [0.15, 0.2) is 0 Å². The fourth-order valence-corrected chi connectivity index (χ4v) is 3.73. The van der Waals surface area contributed by atoms with E-state index in [1.807, 2.05) is 25.7 Å². The topological polar surface area (TPSA) is 90.6 Å². The second-order valence-electron chi connectivity index (χ2n) is 7.00. The number of carbonyl (C=O) groups excluding carboxylic acids is 1. The highest BCUT2D eigenvalue weighted by molar-refractivity contribution is 7.16. The highest BCUT2D eigenvalue weighted by Crippen LogP contribution is 2.42. The summed E-state index contributed by atoms with van der Waals surface area (Å²) in [6, 6.07) is 0.271.